The molecular formula is C18H14ClNO3S2. The largest absolute Gasteiger partial charge is 0.347 e. The minimum atomic E-state index is -3.66. The number of hydrogen-bond acceptors (Lipinski definition) is 4. The van der Waals surface area contributed by atoms with E-state index >= 15 is 0 Å². The number of hydrogen-bond donors (Lipinski definition) is 1. The first kappa shape index (κ1) is 17.7. The average Bonchev–Trinajstić information content (AvgIpc) is 3.12. The highest BCUT2D eigenvalue weighted by Crippen LogP contribution is 2.28. The van der Waals surface area contributed by atoms with Gasteiger partial charge < -0.3 is 5.32 Å². The van der Waals surface area contributed by atoms with Gasteiger partial charge in [-0.3, -0.25) is 4.79 Å². The summed E-state index contributed by atoms with van der Waals surface area (Å²) < 4.78 is 25.3. The molecule has 0 saturated carbocycles. The first-order chi connectivity index (χ1) is 12.0. The van der Waals surface area contributed by atoms with E-state index in [2.05, 4.69) is 5.32 Å². The summed E-state index contributed by atoms with van der Waals surface area (Å²) in [5.41, 5.74) is 0.974. The maximum atomic E-state index is 12.6. The van der Waals surface area contributed by atoms with Gasteiger partial charge in [0.05, 0.1) is 9.77 Å². The predicted molar refractivity (Wildman–Crippen MR) is 98.8 cm³/mol. The molecule has 1 aromatic heterocycles. The Kier molecular flexibility index (Phi) is 5.22. The maximum absolute atomic E-state index is 12.6. The van der Waals surface area contributed by atoms with Crippen LogP contribution in [0.15, 0.2) is 75.8 Å². The van der Waals surface area contributed by atoms with Crippen molar-refractivity contribution in [3.05, 3.63) is 82.2 Å². The predicted octanol–water partition coefficient (Wildman–Crippen LogP) is 4.16. The highest BCUT2D eigenvalue weighted by molar-refractivity contribution is 7.93. The van der Waals surface area contributed by atoms with E-state index in [1.807, 2.05) is 30.3 Å². The highest BCUT2D eigenvalue weighted by Gasteiger charge is 2.21. The van der Waals surface area contributed by atoms with Crippen LogP contribution in [-0.4, -0.2) is 14.3 Å². The van der Waals surface area contributed by atoms with Gasteiger partial charge in [0.25, 0.3) is 5.91 Å². The van der Waals surface area contributed by atoms with Crippen molar-refractivity contribution in [3.8, 4) is 0 Å². The number of carbonyl (C=O) groups excluding carboxylic acids is 1. The minimum absolute atomic E-state index is 0.125. The SMILES string of the molecule is O=C(NCc1ccccc1)c1ccc(S(=O)(=O)c2ccc(Cl)cc2)s1. The van der Waals surface area contributed by atoms with E-state index in [0.717, 1.165) is 16.9 Å². The molecule has 0 unspecified atom stereocenters. The summed E-state index contributed by atoms with van der Waals surface area (Å²) in [5.74, 6) is -0.300. The van der Waals surface area contributed by atoms with Crippen molar-refractivity contribution in [2.45, 2.75) is 15.6 Å². The second-order valence-corrected chi connectivity index (χ2v) is 8.94. The van der Waals surface area contributed by atoms with Gasteiger partial charge >= 0.3 is 0 Å². The van der Waals surface area contributed by atoms with Crippen molar-refractivity contribution in [2.24, 2.45) is 0 Å². The molecule has 25 heavy (non-hydrogen) atoms. The van der Waals surface area contributed by atoms with E-state index in [-0.39, 0.29) is 15.0 Å². The zero-order valence-electron chi connectivity index (χ0n) is 13.0. The van der Waals surface area contributed by atoms with Gasteiger partial charge in [0, 0.05) is 11.6 Å². The third kappa shape index (κ3) is 4.10. The lowest BCUT2D eigenvalue weighted by Crippen LogP contribution is -2.21. The van der Waals surface area contributed by atoms with Crippen LogP contribution in [0.4, 0.5) is 0 Å². The summed E-state index contributed by atoms with van der Waals surface area (Å²) in [6.07, 6.45) is 0. The maximum Gasteiger partial charge on any atom is 0.261 e. The summed E-state index contributed by atoms with van der Waals surface area (Å²) in [4.78, 5) is 12.7. The number of thiophene rings is 1. The molecule has 0 spiro atoms. The fraction of sp³-hybridized carbons (Fsp3) is 0.0556. The summed E-state index contributed by atoms with van der Waals surface area (Å²) in [6.45, 7) is 0.386. The lowest BCUT2D eigenvalue weighted by Gasteiger charge is -2.03. The zero-order valence-corrected chi connectivity index (χ0v) is 15.4. The zero-order chi connectivity index (χ0) is 17.9. The second kappa shape index (κ2) is 7.39. The number of sulfone groups is 1. The van der Waals surface area contributed by atoms with E-state index in [9.17, 15) is 13.2 Å². The number of rotatable bonds is 5. The van der Waals surface area contributed by atoms with Crippen molar-refractivity contribution < 1.29 is 13.2 Å². The van der Waals surface area contributed by atoms with Gasteiger partial charge in [0.15, 0.2) is 0 Å². The van der Waals surface area contributed by atoms with Crippen molar-refractivity contribution in [2.75, 3.05) is 0 Å². The van der Waals surface area contributed by atoms with E-state index in [0.29, 0.717) is 16.4 Å². The van der Waals surface area contributed by atoms with E-state index in [1.165, 1.54) is 36.4 Å². The molecule has 0 aliphatic carbocycles. The second-order valence-electron chi connectivity index (χ2n) is 5.24. The van der Waals surface area contributed by atoms with Crippen LogP contribution in [0.1, 0.15) is 15.2 Å². The molecule has 7 heteroatoms. The smallest absolute Gasteiger partial charge is 0.261 e. The molecule has 0 bridgehead atoms. The third-order valence-corrected chi connectivity index (χ3v) is 7.09. The van der Waals surface area contributed by atoms with Crippen LogP contribution in [-0.2, 0) is 16.4 Å². The van der Waals surface area contributed by atoms with E-state index < -0.39 is 9.84 Å². The molecule has 3 rings (SSSR count). The molecule has 0 saturated heterocycles. The Morgan fingerprint density at radius 2 is 1.64 bits per heavy atom. The minimum Gasteiger partial charge on any atom is -0.347 e. The Labute approximate surface area is 155 Å². The van der Waals surface area contributed by atoms with Crippen LogP contribution in [0.5, 0.6) is 0 Å². The Morgan fingerprint density at radius 3 is 2.32 bits per heavy atom. The van der Waals surface area contributed by atoms with Crippen molar-refractivity contribution in [1.29, 1.82) is 0 Å². The number of halogens is 1. The lowest BCUT2D eigenvalue weighted by molar-refractivity contribution is 0.0955. The van der Waals surface area contributed by atoms with Crippen LogP contribution in [0.3, 0.4) is 0 Å². The van der Waals surface area contributed by atoms with E-state index in [1.54, 1.807) is 0 Å². The van der Waals surface area contributed by atoms with Gasteiger partial charge in [0.2, 0.25) is 9.84 Å². The lowest BCUT2D eigenvalue weighted by atomic mass is 10.2. The number of amides is 1. The Hall–Kier alpha value is -2.15. The van der Waals surface area contributed by atoms with Gasteiger partial charge in [-0.05, 0) is 42.0 Å². The third-order valence-electron chi connectivity index (χ3n) is 3.49. The Morgan fingerprint density at radius 1 is 0.960 bits per heavy atom. The molecular weight excluding hydrogens is 378 g/mol. The normalized spacial score (nSPS) is 11.2. The molecule has 128 valence electrons. The van der Waals surface area contributed by atoms with Gasteiger partial charge in [-0.25, -0.2) is 8.42 Å². The van der Waals surface area contributed by atoms with Crippen molar-refractivity contribution in [3.63, 3.8) is 0 Å². The van der Waals surface area contributed by atoms with Crippen LogP contribution < -0.4 is 5.32 Å². The standard InChI is InChI=1S/C18H14ClNO3S2/c19-14-6-8-15(9-7-14)25(22,23)17-11-10-16(24-17)18(21)20-12-13-4-2-1-3-5-13/h1-11H,12H2,(H,20,21). The first-order valence-corrected chi connectivity index (χ1v) is 10.1. The Balaban J connectivity index is 1.75. The molecule has 1 N–H and O–H groups in total. The quantitative estimate of drug-likeness (QED) is 0.710. The van der Waals surface area contributed by atoms with Crippen LogP contribution in [0.25, 0.3) is 0 Å². The molecule has 1 amide bonds. The fourth-order valence-electron chi connectivity index (χ4n) is 2.18. The molecule has 0 aliphatic heterocycles. The first-order valence-electron chi connectivity index (χ1n) is 7.39. The molecule has 2 aromatic carbocycles. The number of carbonyl (C=O) groups is 1. The number of benzene rings is 2. The Bertz CT molecular complexity index is 981. The average molecular weight is 392 g/mol. The topological polar surface area (TPSA) is 63.2 Å². The highest BCUT2D eigenvalue weighted by atomic mass is 35.5. The van der Waals surface area contributed by atoms with Gasteiger partial charge in [-0.2, -0.15) is 0 Å². The number of nitrogens with one attached hydrogen (secondary N) is 1. The van der Waals surface area contributed by atoms with Gasteiger partial charge in [0.1, 0.15) is 4.21 Å². The monoisotopic (exact) mass is 391 g/mol. The fourth-order valence-corrected chi connectivity index (χ4v) is 4.93. The van der Waals surface area contributed by atoms with Crippen LogP contribution in [0, 0.1) is 0 Å². The molecule has 4 nitrogen and oxygen atoms in total. The molecule has 1 heterocycles. The molecule has 0 aliphatic rings. The van der Waals surface area contributed by atoms with Crippen molar-refractivity contribution >= 4 is 38.7 Å². The summed E-state index contributed by atoms with van der Waals surface area (Å²) in [5, 5.41) is 3.25. The summed E-state index contributed by atoms with van der Waals surface area (Å²) in [7, 11) is -3.66. The molecule has 3 aromatic rings. The van der Waals surface area contributed by atoms with E-state index in [4.69, 9.17) is 11.6 Å². The molecule has 0 fully saturated rings. The van der Waals surface area contributed by atoms with Crippen LogP contribution in [0.2, 0.25) is 5.02 Å². The summed E-state index contributed by atoms with van der Waals surface area (Å²) in [6, 6.07) is 18.4. The molecule has 0 atom stereocenters. The van der Waals surface area contributed by atoms with Gasteiger partial charge in [-0.15, -0.1) is 11.3 Å². The van der Waals surface area contributed by atoms with Gasteiger partial charge in [-0.1, -0.05) is 41.9 Å². The van der Waals surface area contributed by atoms with Crippen LogP contribution >= 0.6 is 22.9 Å². The summed E-state index contributed by atoms with van der Waals surface area (Å²) >= 11 is 6.74. The van der Waals surface area contributed by atoms with Crippen molar-refractivity contribution in [1.82, 2.24) is 5.32 Å². The molecule has 0 radical (unpaired) electrons.